The summed E-state index contributed by atoms with van der Waals surface area (Å²) in [7, 11) is 0. The summed E-state index contributed by atoms with van der Waals surface area (Å²) in [6, 6.07) is 11.6. The minimum Gasteiger partial charge on any atom is -0.485 e. The molecular weight excluding hydrogens is 322 g/mol. The smallest absolute Gasteiger partial charge is 0.251 e. The van der Waals surface area contributed by atoms with E-state index in [1.807, 2.05) is 6.07 Å². The molecule has 7 heteroatoms. The fraction of sp³-hybridized carbons (Fsp3) is 0.278. The summed E-state index contributed by atoms with van der Waals surface area (Å²) in [5.74, 6) is 0.267. The Bertz CT molecular complexity index is 936. The maximum Gasteiger partial charge on any atom is 0.251 e. The van der Waals surface area contributed by atoms with Gasteiger partial charge in [-0.15, -0.1) is 0 Å². The normalized spacial score (nSPS) is 21.4. The second-order valence-electron chi connectivity index (χ2n) is 6.61. The molecule has 0 saturated carbocycles. The molecule has 2 atom stereocenters. The number of hydrogen-bond acceptors (Lipinski definition) is 6. The highest BCUT2D eigenvalue weighted by atomic mass is 16.6. The van der Waals surface area contributed by atoms with Gasteiger partial charge in [0.15, 0.2) is 0 Å². The first-order valence-corrected chi connectivity index (χ1v) is 7.95. The average molecular weight is 339 g/mol. The quantitative estimate of drug-likeness (QED) is 0.743. The summed E-state index contributed by atoms with van der Waals surface area (Å²) in [5.41, 5.74) is 1.36. The van der Waals surface area contributed by atoms with Gasteiger partial charge in [0.2, 0.25) is 0 Å². The molecule has 0 radical (unpaired) electrons. The topological polar surface area (TPSA) is 97.5 Å². The summed E-state index contributed by atoms with van der Waals surface area (Å²) < 4.78 is 10.7. The summed E-state index contributed by atoms with van der Waals surface area (Å²) >= 11 is 0. The summed E-state index contributed by atoms with van der Waals surface area (Å²) in [6.07, 6.45) is -0.940. The largest absolute Gasteiger partial charge is 0.485 e. The van der Waals surface area contributed by atoms with Crippen LogP contribution in [-0.2, 0) is 0 Å². The third-order valence-corrected chi connectivity index (χ3v) is 4.44. The molecule has 1 amide bonds. The molecule has 128 valence electrons. The third-order valence-electron chi connectivity index (χ3n) is 4.44. The molecule has 7 nitrogen and oxygen atoms in total. The van der Waals surface area contributed by atoms with Crippen LogP contribution in [0.25, 0.3) is 11.0 Å². The molecule has 3 aromatic rings. The predicted octanol–water partition coefficient (Wildman–Crippen LogP) is 2.23. The highest BCUT2D eigenvalue weighted by molar-refractivity contribution is 5.94. The van der Waals surface area contributed by atoms with Crippen molar-refractivity contribution in [2.45, 2.75) is 31.6 Å². The van der Waals surface area contributed by atoms with Crippen LogP contribution in [0.4, 0.5) is 0 Å². The lowest BCUT2D eigenvalue weighted by molar-refractivity contribution is -0.0626. The standard InChI is InChI=1S/C18H17N3O4/c1-18(2)16(22)15(19-17(23)10-6-4-3-5-7-10)11-8-12-13(21-25-20-12)9-14(11)24-18/h3-9,15-16,22H,1-2H3,(H,19,23). The Balaban J connectivity index is 1.76. The monoisotopic (exact) mass is 339 g/mol. The first-order valence-electron chi connectivity index (χ1n) is 7.95. The molecule has 2 heterocycles. The zero-order chi connectivity index (χ0) is 17.6. The number of nitrogens with zero attached hydrogens (tertiary/aromatic N) is 2. The van der Waals surface area contributed by atoms with Crippen molar-refractivity contribution in [2.75, 3.05) is 0 Å². The molecule has 0 fully saturated rings. The molecular formula is C18H17N3O4. The molecule has 0 aliphatic carbocycles. The Morgan fingerprint density at radius 3 is 2.56 bits per heavy atom. The number of benzene rings is 2. The Labute approximate surface area is 143 Å². The van der Waals surface area contributed by atoms with Crippen molar-refractivity contribution in [3.05, 3.63) is 53.6 Å². The van der Waals surface area contributed by atoms with Gasteiger partial charge in [-0.1, -0.05) is 18.2 Å². The molecule has 2 N–H and O–H groups in total. The van der Waals surface area contributed by atoms with E-state index < -0.39 is 17.7 Å². The van der Waals surface area contributed by atoms with Crippen LogP contribution in [0.3, 0.4) is 0 Å². The van der Waals surface area contributed by atoms with Crippen LogP contribution in [-0.4, -0.2) is 33.0 Å². The van der Waals surface area contributed by atoms with Crippen molar-refractivity contribution in [1.82, 2.24) is 15.6 Å². The minimum absolute atomic E-state index is 0.272. The van der Waals surface area contributed by atoms with Crippen molar-refractivity contribution >= 4 is 16.9 Å². The van der Waals surface area contributed by atoms with Gasteiger partial charge in [-0.05, 0) is 42.4 Å². The highest BCUT2D eigenvalue weighted by Crippen LogP contribution is 2.41. The van der Waals surface area contributed by atoms with Crippen molar-refractivity contribution < 1.29 is 19.3 Å². The van der Waals surface area contributed by atoms with Crippen molar-refractivity contribution in [3.8, 4) is 5.75 Å². The van der Waals surface area contributed by atoms with Crippen LogP contribution >= 0.6 is 0 Å². The second kappa shape index (κ2) is 5.56. The number of rotatable bonds is 2. The number of aliphatic hydroxyl groups is 1. The van der Waals surface area contributed by atoms with Crippen molar-refractivity contribution in [2.24, 2.45) is 0 Å². The van der Waals surface area contributed by atoms with Gasteiger partial charge in [0.1, 0.15) is 28.5 Å². The lowest BCUT2D eigenvalue weighted by atomic mass is 9.86. The molecule has 2 aromatic carbocycles. The van der Waals surface area contributed by atoms with E-state index in [9.17, 15) is 9.90 Å². The van der Waals surface area contributed by atoms with Crippen molar-refractivity contribution in [3.63, 3.8) is 0 Å². The number of fused-ring (bicyclic) bond motifs is 2. The first-order chi connectivity index (χ1) is 12.0. The Morgan fingerprint density at radius 1 is 1.16 bits per heavy atom. The number of aliphatic hydroxyl groups excluding tert-OH is 1. The summed E-state index contributed by atoms with van der Waals surface area (Å²) in [6.45, 7) is 3.54. The summed E-state index contributed by atoms with van der Waals surface area (Å²) in [5, 5.41) is 21.3. The van der Waals surface area contributed by atoms with E-state index in [-0.39, 0.29) is 5.91 Å². The number of amides is 1. The van der Waals surface area contributed by atoms with Gasteiger partial charge in [-0.3, -0.25) is 4.79 Å². The van der Waals surface area contributed by atoms with Gasteiger partial charge >= 0.3 is 0 Å². The van der Waals surface area contributed by atoms with Gasteiger partial charge in [-0.25, -0.2) is 4.63 Å². The number of hydrogen-bond donors (Lipinski definition) is 2. The van der Waals surface area contributed by atoms with E-state index in [0.29, 0.717) is 27.9 Å². The maximum absolute atomic E-state index is 12.6. The zero-order valence-corrected chi connectivity index (χ0v) is 13.8. The lowest BCUT2D eigenvalue weighted by Gasteiger charge is -2.42. The molecule has 0 bridgehead atoms. The Hall–Kier alpha value is -2.93. The number of carbonyl (C=O) groups is 1. The van der Waals surface area contributed by atoms with E-state index in [1.54, 1.807) is 50.2 Å². The van der Waals surface area contributed by atoms with Crippen LogP contribution < -0.4 is 10.1 Å². The van der Waals surface area contributed by atoms with Crippen LogP contribution in [0, 0.1) is 0 Å². The van der Waals surface area contributed by atoms with E-state index in [0.717, 1.165) is 0 Å². The SMILES string of the molecule is CC1(C)Oc2cc3nonc3cc2C(NC(=O)c2ccccc2)C1O. The molecule has 1 aromatic heterocycles. The average Bonchev–Trinajstić information content (AvgIpc) is 3.05. The van der Waals surface area contributed by atoms with Gasteiger partial charge in [0, 0.05) is 17.2 Å². The van der Waals surface area contributed by atoms with Gasteiger partial charge < -0.3 is 15.2 Å². The second-order valence-corrected chi connectivity index (χ2v) is 6.61. The van der Waals surface area contributed by atoms with Gasteiger partial charge in [0.05, 0.1) is 6.04 Å². The fourth-order valence-electron chi connectivity index (χ4n) is 3.05. The predicted molar refractivity (Wildman–Crippen MR) is 89.2 cm³/mol. The van der Waals surface area contributed by atoms with E-state index >= 15 is 0 Å². The molecule has 4 rings (SSSR count). The fourth-order valence-corrected chi connectivity index (χ4v) is 3.05. The number of ether oxygens (including phenoxy) is 1. The van der Waals surface area contributed by atoms with E-state index in [1.165, 1.54) is 0 Å². The van der Waals surface area contributed by atoms with Gasteiger partial charge in [-0.2, -0.15) is 0 Å². The summed E-state index contributed by atoms with van der Waals surface area (Å²) in [4.78, 5) is 12.6. The number of aromatic nitrogens is 2. The zero-order valence-electron chi connectivity index (χ0n) is 13.8. The Morgan fingerprint density at radius 2 is 1.84 bits per heavy atom. The van der Waals surface area contributed by atoms with Crippen LogP contribution in [0.1, 0.15) is 35.8 Å². The number of carbonyl (C=O) groups excluding carboxylic acids is 1. The van der Waals surface area contributed by atoms with Crippen LogP contribution in [0.15, 0.2) is 47.1 Å². The van der Waals surface area contributed by atoms with Gasteiger partial charge in [0.25, 0.3) is 5.91 Å². The van der Waals surface area contributed by atoms with E-state index in [4.69, 9.17) is 9.37 Å². The molecule has 0 saturated heterocycles. The molecule has 0 spiro atoms. The van der Waals surface area contributed by atoms with Crippen LogP contribution in [0.2, 0.25) is 0 Å². The first kappa shape index (κ1) is 15.6. The lowest BCUT2D eigenvalue weighted by Crippen LogP contribution is -2.53. The highest BCUT2D eigenvalue weighted by Gasteiger charge is 2.44. The third kappa shape index (κ3) is 2.62. The van der Waals surface area contributed by atoms with Crippen molar-refractivity contribution in [1.29, 1.82) is 0 Å². The molecule has 25 heavy (non-hydrogen) atoms. The maximum atomic E-state index is 12.6. The Kier molecular flexibility index (Phi) is 3.47. The minimum atomic E-state index is -0.940. The molecule has 2 unspecified atom stereocenters. The molecule has 1 aliphatic heterocycles. The van der Waals surface area contributed by atoms with E-state index in [2.05, 4.69) is 15.6 Å². The molecule has 1 aliphatic rings. The van der Waals surface area contributed by atoms with Crippen LogP contribution in [0.5, 0.6) is 5.75 Å². The number of nitrogens with one attached hydrogen (secondary N) is 1.